The Morgan fingerprint density at radius 2 is 2.33 bits per heavy atom. The average molecular weight is 170 g/mol. The van der Waals surface area contributed by atoms with E-state index < -0.39 is 0 Å². The number of likely N-dealkylation sites (tertiary alicyclic amines) is 1. The van der Waals surface area contributed by atoms with Crippen LogP contribution in [0.25, 0.3) is 0 Å². The van der Waals surface area contributed by atoms with Crippen molar-refractivity contribution in [3.63, 3.8) is 0 Å². The van der Waals surface area contributed by atoms with Gasteiger partial charge in [-0.1, -0.05) is 20.3 Å². The van der Waals surface area contributed by atoms with Crippen LogP contribution in [0.5, 0.6) is 0 Å². The maximum absolute atomic E-state index is 5.74. The molecule has 0 bridgehead atoms. The fourth-order valence-electron chi connectivity index (χ4n) is 2.08. The van der Waals surface area contributed by atoms with Crippen LogP contribution in [0.2, 0.25) is 0 Å². The highest BCUT2D eigenvalue weighted by atomic mass is 15.2. The van der Waals surface area contributed by atoms with Crippen molar-refractivity contribution in [2.45, 2.75) is 39.2 Å². The van der Waals surface area contributed by atoms with E-state index in [-0.39, 0.29) is 0 Å². The molecule has 2 nitrogen and oxygen atoms in total. The van der Waals surface area contributed by atoms with E-state index in [1.807, 2.05) is 0 Å². The van der Waals surface area contributed by atoms with Gasteiger partial charge in [-0.05, 0) is 25.3 Å². The van der Waals surface area contributed by atoms with Crippen LogP contribution in [0.1, 0.15) is 33.1 Å². The van der Waals surface area contributed by atoms with E-state index in [0.29, 0.717) is 6.04 Å². The van der Waals surface area contributed by atoms with Crippen LogP contribution in [0, 0.1) is 5.92 Å². The van der Waals surface area contributed by atoms with E-state index in [9.17, 15) is 0 Å². The van der Waals surface area contributed by atoms with Crippen LogP contribution >= 0.6 is 0 Å². The van der Waals surface area contributed by atoms with Crippen molar-refractivity contribution in [2.24, 2.45) is 11.7 Å². The van der Waals surface area contributed by atoms with Crippen LogP contribution < -0.4 is 5.73 Å². The predicted molar refractivity (Wildman–Crippen MR) is 53.1 cm³/mol. The molecule has 0 aromatic carbocycles. The summed E-state index contributed by atoms with van der Waals surface area (Å²) in [6.07, 6.45) is 3.89. The maximum Gasteiger partial charge on any atom is 0.0218 e. The first kappa shape index (κ1) is 10.0. The SMILES string of the molecule is CCCC(CN)N1CCC(C)C1. The fourth-order valence-corrected chi connectivity index (χ4v) is 2.08. The van der Waals surface area contributed by atoms with E-state index in [2.05, 4.69) is 18.7 Å². The first-order chi connectivity index (χ1) is 5.77. The van der Waals surface area contributed by atoms with E-state index >= 15 is 0 Å². The smallest absolute Gasteiger partial charge is 0.0218 e. The largest absolute Gasteiger partial charge is 0.329 e. The Hall–Kier alpha value is -0.0800. The molecular formula is C10H22N2. The van der Waals surface area contributed by atoms with E-state index in [1.54, 1.807) is 0 Å². The Morgan fingerprint density at radius 1 is 1.58 bits per heavy atom. The average Bonchev–Trinajstić information content (AvgIpc) is 2.47. The molecule has 0 spiro atoms. The highest BCUT2D eigenvalue weighted by molar-refractivity contribution is 4.79. The van der Waals surface area contributed by atoms with Gasteiger partial charge in [-0.2, -0.15) is 0 Å². The molecule has 2 N–H and O–H groups in total. The van der Waals surface area contributed by atoms with Crippen molar-refractivity contribution in [3.05, 3.63) is 0 Å². The number of hydrogen-bond donors (Lipinski definition) is 1. The lowest BCUT2D eigenvalue weighted by atomic mass is 10.1. The summed E-state index contributed by atoms with van der Waals surface area (Å²) >= 11 is 0. The lowest BCUT2D eigenvalue weighted by molar-refractivity contribution is 0.228. The molecule has 0 saturated carbocycles. The molecule has 1 aliphatic heterocycles. The Balaban J connectivity index is 2.33. The van der Waals surface area contributed by atoms with Gasteiger partial charge in [-0.15, -0.1) is 0 Å². The summed E-state index contributed by atoms with van der Waals surface area (Å²) in [6, 6.07) is 0.653. The molecular weight excluding hydrogens is 148 g/mol. The van der Waals surface area contributed by atoms with Gasteiger partial charge in [0.05, 0.1) is 0 Å². The second-order valence-corrected chi connectivity index (χ2v) is 4.07. The van der Waals surface area contributed by atoms with Crippen LogP contribution in [-0.2, 0) is 0 Å². The molecule has 0 aromatic heterocycles. The van der Waals surface area contributed by atoms with Crippen LogP contribution in [0.4, 0.5) is 0 Å². The van der Waals surface area contributed by atoms with E-state index in [4.69, 9.17) is 5.73 Å². The molecule has 0 aromatic rings. The van der Waals surface area contributed by atoms with Gasteiger partial charge < -0.3 is 5.73 Å². The molecule has 2 heteroatoms. The minimum atomic E-state index is 0.653. The highest BCUT2D eigenvalue weighted by Crippen LogP contribution is 2.19. The zero-order chi connectivity index (χ0) is 8.97. The molecule has 1 aliphatic rings. The molecule has 0 aliphatic carbocycles. The summed E-state index contributed by atoms with van der Waals surface area (Å²) in [4.78, 5) is 2.56. The minimum Gasteiger partial charge on any atom is -0.329 e. The van der Waals surface area contributed by atoms with Gasteiger partial charge in [0.2, 0.25) is 0 Å². The predicted octanol–water partition coefficient (Wildman–Crippen LogP) is 1.46. The first-order valence-corrected chi connectivity index (χ1v) is 5.22. The van der Waals surface area contributed by atoms with Gasteiger partial charge in [0.1, 0.15) is 0 Å². The topological polar surface area (TPSA) is 29.3 Å². The lowest BCUT2D eigenvalue weighted by Crippen LogP contribution is -2.38. The summed E-state index contributed by atoms with van der Waals surface area (Å²) in [5, 5.41) is 0. The third kappa shape index (κ3) is 2.46. The quantitative estimate of drug-likeness (QED) is 0.692. The van der Waals surface area contributed by atoms with Gasteiger partial charge in [-0.3, -0.25) is 4.90 Å². The van der Waals surface area contributed by atoms with E-state index in [1.165, 1.54) is 32.4 Å². The van der Waals surface area contributed by atoms with Gasteiger partial charge >= 0.3 is 0 Å². The Bertz CT molecular complexity index is 123. The minimum absolute atomic E-state index is 0.653. The molecule has 12 heavy (non-hydrogen) atoms. The molecule has 1 fully saturated rings. The molecule has 1 heterocycles. The number of hydrogen-bond acceptors (Lipinski definition) is 2. The van der Waals surface area contributed by atoms with Crippen molar-refractivity contribution >= 4 is 0 Å². The molecule has 0 radical (unpaired) electrons. The lowest BCUT2D eigenvalue weighted by Gasteiger charge is -2.25. The van der Waals surface area contributed by atoms with Crippen molar-refractivity contribution < 1.29 is 0 Å². The maximum atomic E-state index is 5.74. The molecule has 0 amide bonds. The van der Waals surface area contributed by atoms with Crippen LogP contribution in [-0.4, -0.2) is 30.6 Å². The fraction of sp³-hybridized carbons (Fsp3) is 1.00. The number of rotatable bonds is 4. The first-order valence-electron chi connectivity index (χ1n) is 5.22. The van der Waals surface area contributed by atoms with E-state index in [0.717, 1.165) is 12.5 Å². The Labute approximate surface area is 76.1 Å². The zero-order valence-electron chi connectivity index (χ0n) is 8.42. The van der Waals surface area contributed by atoms with Crippen molar-refractivity contribution in [1.82, 2.24) is 4.90 Å². The summed E-state index contributed by atoms with van der Waals surface area (Å²) in [5.41, 5.74) is 5.74. The molecule has 2 atom stereocenters. The van der Waals surface area contributed by atoms with Gasteiger partial charge in [0.25, 0.3) is 0 Å². The van der Waals surface area contributed by atoms with Crippen molar-refractivity contribution in [3.8, 4) is 0 Å². The third-order valence-electron chi connectivity index (χ3n) is 2.87. The summed E-state index contributed by atoms with van der Waals surface area (Å²) < 4.78 is 0. The van der Waals surface area contributed by atoms with Crippen molar-refractivity contribution in [1.29, 1.82) is 0 Å². The molecule has 2 unspecified atom stereocenters. The normalized spacial score (nSPS) is 27.8. The highest BCUT2D eigenvalue weighted by Gasteiger charge is 2.23. The molecule has 1 rings (SSSR count). The zero-order valence-corrected chi connectivity index (χ0v) is 8.42. The van der Waals surface area contributed by atoms with Gasteiger partial charge in [-0.25, -0.2) is 0 Å². The van der Waals surface area contributed by atoms with Gasteiger partial charge in [0, 0.05) is 19.1 Å². The monoisotopic (exact) mass is 170 g/mol. The standard InChI is InChI=1S/C10H22N2/c1-3-4-10(7-11)12-6-5-9(2)8-12/h9-10H,3-8,11H2,1-2H3. The van der Waals surface area contributed by atoms with Crippen LogP contribution in [0.3, 0.4) is 0 Å². The van der Waals surface area contributed by atoms with Crippen molar-refractivity contribution in [2.75, 3.05) is 19.6 Å². The second-order valence-electron chi connectivity index (χ2n) is 4.07. The number of nitrogens with zero attached hydrogens (tertiary/aromatic N) is 1. The Morgan fingerprint density at radius 3 is 2.75 bits per heavy atom. The molecule has 1 saturated heterocycles. The molecule has 72 valence electrons. The van der Waals surface area contributed by atoms with Crippen LogP contribution in [0.15, 0.2) is 0 Å². The summed E-state index contributed by atoms with van der Waals surface area (Å²) in [7, 11) is 0. The second kappa shape index (κ2) is 4.83. The summed E-state index contributed by atoms with van der Waals surface area (Å²) in [6.45, 7) is 7.94. The Kier molecular flexibility index (Phi) is 4.02. The third-order valence-corrected chi connectivity index (χ3v) is 2.87. The summed E-state index contributed by atoms with van der Waals surface area (Å²) in [5.74, 6) is 0.885. The van der Waals surface area contributed by atoms with Gasteiger partial charge in [0.15, 0.2) is 0 Å². The number of nitrogens with two attached hydrogens (primary N) is 1.